The summed E-state index contributed by atoms with van der Waals surface area (Å²) in [5, 5.41) is 12.8. The van der Waals surface area contributed by atoms with Gasteiger partial charge < -0.3 is 13.9 Å². The molecule has 3 heterocycles. The van der Waals surface area contributed by atoms with Crippen molar-refractivity contribution in [2.75, 3.05) is 13.7 Å². The van der Waals surface area contributed by atoms with Crippen molar-refractivity contribution in [3.8, 4) is 5.75 Å². The van der Waals surface area contributed by atoms with Crippen LogP contribution in [-0.2, 0) is 18.2 Å². The van der Waals surface area contributed by atoms with Gasteiger partial charge in [0.1, 0.15) is 5.75 Å². The van der Waals surface area contributed by atoms with Crippen LogP contribution in [0.15, 0.2) is 41.1 Å². The number of hydrogen-bond donors (Lipinski definition) is 0. The number of para-hydroxylation sites is 1. The van der Waals surface area contributed by atoms with Crippen LogP contribution in [-0.4, -0.2) is 33.7 Å². The van der Waals surface area contributed by atoms with E-state index in [0.717, 1.165) is 36.3 Å². The Morgan fingerprint density at radius 2 is 2.15 bits per heavy atom. The van der Waals surface area contributed by atoms with E-state index in [4.69, 9.17) is 13.9 Å². The maximum Gasteiger partial charge on any atom is 0.222 e. The molecule has 1 aromatic carbocycles. The first-order valence-electron chi connectivity index (χ1n) is 8.79. The van der Waals surface area contributed by atoms with E-state index in [9.17, 15) is 0 Å². The molecule has 136 valence electrons. The van der Waals surface area contributed by atoms with Gasteiger partial charge in [-0.05, 0) is 18.9 Å². The number of aryl methyl sites for hydroxylation is 1. The zero-order valence-corrected chi connectivity index (χ0v) is 15.0. The predicted octanol–water partition coefficient (Wildman–Crippen LogP) is 3.04. The Hall–Kier alpha value is -2.67. The Morgan fingerprint density at radius 3 is 2.96 bits per heavy atom. The Bertz CT molecular complexity index is 873. The fourth-order valence-electron chi connectivity index (χ4n) is 3.45. The Labute approximate surface area is 151 Å². The molecule has 2 atom stereocenters. The van der Waals surface area contributed by atoms with Crippen LogP contribution in [0, 0.1) is 0 Å². The molecule has 0 spiro atoms. The van der Waals surface area contributed by atoms with Gasteiger partial charge in [0.15, 0.2) is 0 Å². The summed E-state index contributed by atoms with van der Waals surface area (Å²) in [6, 6.07) is 7.85. The lowest BCUT2D eigenvalue weighted by molar-refractivity contribution is -0.00922. The zero-order valence-electron chi connectivity index (χ0n) is 15.0. The quantitative estimate of drug-likeness (QED) is 0.701. The molecule has 4 rings (SSSR count). The fraction of sp³-hybridized carbons (Fsp3) is 0.421. The van der Waals surface area contributed by atoms with Crippen LogP contribution in [0.5, 0.6) is 5.75 Å². The number of aromatic nitrogens is 4. The van der Waals surface area contributed by atoms with E-state index < -0.39 is 0 Å². The van der Waals surface area contributed by atoms with Gasteiger partial charge in [-0.2, -0.15) is 5.10 Å². The van der Waals surface area contributed by atoms with Crippen LogP contribution in [0.4, 0.5) is 0 Å². The van der Waals surface area contributed by atoms with Crippen LogP contribution < -0.4 is 4.74 Å². The minimum Gasteiger partial charge on any atom is -0.496 e. The molecule has 0 saturated carbocycles. The van der Waals surface area contributed by atoms with Crippen LogP contribution >= 0.6 is 0 Å². The molecule has 1 aliphatic heterocycles. The molecule has 0 bridgehead atoms. The second-order valence-electron chi connectivity index (χ2n) is 6.51. The van der Waals surface area contributed by atoms with E-state index in [2.05, 4.69) is 15.3 Å². The van der Waals surface area contributed by atoms with Gasteiger partial charge in [0, 0.05) is 31.0 Å². The SMILES string of the molecule is COc1ccccc1Cc1nnc([C@@H]2CCCO[C@H]2c2cnn(C)c2)o1. The smallest absolute Gasteiger partial charge is 0.222 e. The van der Waals surface area contributed by atoms with Crippen LogP contribution in [0.2, 0.25) is 0 Å². The summed E-state index contributed by atoms with van der Waals surface area (Å²) in [5.41, 5.74) is 2.07. The van der Waals surface area contributed by atoms with E-state index in [0.29, 0.717) is 18.2 Å². The minimum absolute atomic E-state index is 0.0480. The van der Waals surface area contributed by atoms with E-state index in [1.54, 1.807) is 11.8 Å². The zero-order chi connectivity index (χ0) is 17.9. The molecule has 1 fully saturated rings. The maximum atomic E-state index is 6.01. The average Bonchev–Trinajstić information content (AvgIpc) is 3.31. The number of nitrogens with zero attached hydrogens (tertiary/aromatic N) is 4. The summed E-state index contributed by atoms with van der Waals surface area (Å²) in [5.74, 6) is 2.08. The molecule has 7 heteroatoms. The summed E-state index contributed by atoms with van der Waals surface area (Å²) < 4.78 is 19.2. The van der Waals surface area contributed by atoms with Crippen molar-refractivity contribution in [2.45, 2.75) is 31.3 Å². The van der Waals surface area contributed by atoms with E-state index >= 15 is 0 Å². The maximum absolute atomic E-state index is 6.01. The van der Waals surface area contributed by atoms with Crippen molar-refractivity contribution >= 4 is 0 Å². The second kappa shape index (κ2) is 7.29. The van der Waals surface area contributed by atoms with Crippen molar-refractivity contribution in [2.24, 2.45) is 7.05 Å². The molecule has 0 amide bonds. The molecular weight excluding hydrogens is 332 g/mol. The molecule has 1 saturated heterocycles. The molecule has 0 radical (unpaired) electrons. The van der Waals surface area contributed by atoms with Crippen molar-refractivity contribution in [1.82, 2.24) is 20.0 Å². The first-order valence-corrected chi connectivity index (χ1v) is 8.79. The van der Waals surface area contributed by atoms with Gasteiger partial charge in [-0.1, -0.05) is 18.2 Å². The van der Waals surface area contributed by atoms with E-state index in [1.165, 1.54) is 0 Å². The van der Waals surface area contributed by atoms with Crippen molar-refractivity contribution in [3.63, 3.8) is 0 Å². The molecule has 0 aliphatic carbocycles. The van der Waals surface area contributed by atoms with E-state index in [-0.39, 0.29) is 12.0 Å². The molecular formula is C19H22N4O3. The average molecular weight is 354 g/mol. The summed E-state index contributed by atoms with van der Waals surface area (Å²) in [6.07, 6.45) is 6.20. The number of methoxy groups -OCH3 is 1. The lowest BCUT2D eigenvalue weighted by Gasteiger charge is -2.28. The molecule has 7 nitrogen and oxygen atoms in total. The fourth-order valence-corrected chi connectivity index (χ4v) is 3.45. The topological polar surface area (TPSA) is 75.2 Å². The van der Waals surface area contributed by atoms with Gasteiger partial charge >= 0.3 is 0 Å². The number of ether oxygens (including phenoxy) is 2. The lowest BCUT2D eigenvalue weighted by atomic mass is 9.91. The van der Waals surface area contributed by atoms with Crippen LogP contribution in [0.3, 0.4) is 0 Å². The molecule has 1 aliphatic rings. The Morgan fingerprint density at radius 1 is 1.27 bits per heavy atom. The third kappa shape index (κ3) is 3.35. The summed E-state index contributed by atoms with van der Waals surface area (Å²) >= 11 is 0. The highest BCUT2D eigenvalue weighted by Gasteiger charge is 2.33. The Kier molecular flexibility index (Phi) is 4.71. The summed E-state index contributed by atoms with van der Waals surface area (Å²) in [4.78, 5) is 0. The van der Waals surface area contributed by atoms with Crippen molar-refractivity contribution < 1.29 is 13.9 Å². The predicted molar refractivity (Wildman–Crippen MR) is 94.0 cm³/mol. The monoisotopic (exact) mass is 354 g/mol. The largest absolute Gasteiger partial charge is 0.496 e. The number of rotatable bonds is 5. The lowest BCUT2D eigenvalue weighted by Crippen LogP contribution is -2.21. The van der Waals surface area contributed by atoms with Gasteiger partial charge in [-0.25, -0.2) is 0 Å². The minimum atomic E-state index is -0.1000. The van der Waals surface area contributed by atoms with Gasteiger partial charge in [0.25, 0.3) is 0 Å². The molecule has 26 heavy (non-hydrogen) atoms. The Balaban J connectivity index is 1.56. The van der Waals surface area contributed by atoms with Crippen LogP contribution in [0.1, 0.15) is 47.8 Å². The van der Waals surface area contributed by atoms with Crippen molar-refractivity contribution in [1.29, 1.82) is 0 Å². The van der Waals surface area contributed by atoms with Crippen molar-refractivity contribution in [3.05, 3.63) is 59.6 Å². The van der Waals surface area contributed by atoms with Crippen LogP contribution in [0.25, 0.3) is 0 Å². The summed E-state index contributed by atoms with van der Waals surface area (Å²) in [6.45, 7) is 0.734. The molecule has 0 unspecified atom stereocenters. The normalized spacial score (nSPS) is 20.2. The third-order valence-electron chi connectivity index (χ3n) is 4.71. The molecule has 0 N–H and O–H groups in total. The number of hydrogen-bond acceptors (Lipinski definition) is 6. The van der Waals surface area contributed by atoms with Gasteiger partial charge in [0.2, 0.25) is 11.8 Å². The van der Waals surface area contributed by atoms with E-state index in [1.807, 2.05) is 43.7 Å². The van der Waals surface area contributed by atoms with Gasteiger partial charge in [-0.15, -0.1) is 10.2 Å². The van der Waals surface area contributed by atoms with Gasteiger partial charge in [0.05, 0.1) is 31.7 Å². The number of benzene rings is 1. The highest BCUT2D eigenvalue weighted by atomic mass is 16.5. The highest BCUT2D eigenvalue weighted by Crippen LogP contribution is 2.40. The first-order chi connectivity index (χ1) is 12.7. The summed E-state index contributed by atoms with van der Waals surface area (Å²) in [7, 11) is 3.56. The highest BCUT2D eigenvalue weighted by molar-refractivity contribution is 5.34. The first kappa shape index (κ1) is 16.8. The molecule has 2 aromatic heterocycles. The third-order valence-corrected chi connectivity index (χ3v) is 4.71. The van der Waals surface area contributed by atoms with Gasteiger partial charge in [-0.3, -0.25) is 4.68 Å². The second-order valence-corrected chi connectivity index (χ2v) is 6.51. The molecule has 3 aromatic rings. The standard InChI is InChI=1S/C19H22N4O3/c1-23-12-14(11-20-23)18-15(7-5-9-25-18)19-22-21-17(26-19)10-13-6-3-4-8-16(13)24-2/h3-4,6,8,11-12,15,18H,5,7,9-10H2,1-2H3/t15-,18+/m1/s1.